The number of aryl methyl sites for hydroxylation is 1. The molecule has 1 heterocycles. The van der Waals surface area contributed by atoms with Crippen molar-refractivity contribution in [1.29, 1.82) is 0 Å². The Hall–Kier alpha value is -2.99. The van der Waals surface area contributed by atoms with Crippen molar-refractivity contribution in [2.24, 2.45) is 5.92 Å². The lowest BCUT2D eigenvalue weighted by molar-refractivity contribution is -0.127. The zero-order valence-corrected chi connectivity index (χ0v) is 16.4. The summed E-state index contributed by atoms with van der Waals surface area (Å²) >= 11 is 0. The van der Waals surface area contributed by atoms with Crippen LogP contribution in [0.1, 0.15) is 36.9 Å². The molecule has 1 atom stereocenters. The van der Waals surface area contributed by atoms with Crippen LogP contribution in [0, 0.1) is 12.8 Å². The molecular weight excluding hydrogens is 354 g/mol. The first kappa shape index (κ1) is 19.8. The van der Waals surface area contributed by atoms with E-state index in [9.17, 15) is 4.79 Å². The van der Waals surface area contributed by atoms with Crippen LogP contribution in [0.4, 0.5) is 0 Å². The summed E-state index contributed by atoms with van der Waals surface area (Å²) in [7, 11) is 0. The zero-order chi connectivity index (χ0) is 19.9. The van der Waals surface area contributed by atoms with E-state index in [1.54, 1.807) is 0 Å². The summed E-state index contributed by atoms with van der Waals surface area (Å²) in [6, 6.07) is 17.3. The SMILES string of the molecule is Cc1cccc(-c2noc(C(NC(=O)COCc3ccccc3)C(C)C)n2)c1. The van der Waals surface area contributed by atoms with Gasteiger partial charge in [-0.3, -0.25) is 4.79 Å². The van der Waals surface area contributed by atoms with Gasteiger partial charge >= 0.3 is 0 Å². The number of hydrogen-bond acceptors (Lipinski definition) is 5. The molecule has 3 rings (SSSR count). The third kappa shape index (κ3) is 5.27. The fraction of sp³-hybridized carbons (Fsp3) is 0.318. The quantitative estimate of drug-likeness (QED) is 0.638. The normalized spacial score (nSPS) is 12.1. The number of hydrogen-bond donors (Lipinski definition) is 1. The number of carbonyl (C=O) groups is 1. The number of aromatic nitrogens is 2. The van der Waals surface area contributed by atoms with Crippen LogP contribution >= 0.6 is 0 Å². The molecule has 28 heavy (non-hydrogen) atoms. The van der Waals surface area contributed by atoms with E-state index < -0.39 is 0 Å². The lowest BCUT2D eigenvalue weighted by Gasteiger charge is -2.18. The van der Waals surface area contributed by atoms with Gasteiger partial charge in [0.1, 0.15) is 12.6 Å². The highest BCUT2D eigenvalue weighted by molar-refractivity contribution is 5.77. The Labute approximate surface area is 164 Å². The number of rotatable bonds is 8. The third-order valence-corrected chi connectivity index (χ3v) is 4.31. The van der Waals surface area contributed by atoms with Crippen LogP contribution < -0.4 is 5.32 Å². The summed E-state index contributed by atoms with van der Waals surface area (Å²) in [5, 5.41) is 7.01. The van der Waals surface area contributed by atoms with Gasteiger partial charge in [-0.1, -0.05) is 73.1 Å². The lowest BCUT2D eigenvalue weighted by Crippen LogP contribution is -2.34. The molecule has 1 aromatic heterocycles. The number of nitrogens with zero attached hydrogens (tertiary/aromatic N) is 2. The molecule has 0 saturated carbocycles. The van der Waals surface area contributed by atoms with Crippen molar-refractivity contribution in [2.45, 2.75) is 33.4 Å². The minimum atomic E-state index is -0.376. The molecule has 0 bridgehead atoms. The van der Waals surface area contributed by atoms with Gasteiger partial charge in [-0.25, -0.2) is 0 Å². The molecule has 1 unspecified atom stereocenters. The molecule has 1 N–H and O–H groups in total. The van der Waals surface area contributed by atoms with Gasteiger partial charge in [-0.2, -0.15) is 4.98 Å². The Morgan fingerprint density at radius 2 is 1.93 bits per heavy atom. The molecule has 0 aliphatic carbocycles. The molecule has 0 saturated heterocycles. The summed E-state index contributed by atoms with van der Waals surface area (Å²) < 4.78 is 10.9. The first-order chi connectivity index (χ1) is 13.5. The predicted molar refractivity (Wildman–Crippen MR) is 106 cm³/mol. The van der Waals surface area contributed by atoms with Crippen molar-refractivity contribution in [3.05, 3.63) is 71.6 Å². The van der Waals surface area contributed by atoms with Gasteiger partial charge in [0, 0.05) is 5.56 Å². The fourth-order valence-corrected chi connectivity index (χ4v) is 2.83. The van der Waals surface area contributed by atoms with Crippen LogP contribution in [0.2, 0.25) is 0 Å². The summed E-state index contributed by atoms with van der Waals surface area (Å²) in [4.78, 5) is 16.8. The fourth-order valence-electron chi connectivity index (χ4n) is 2.83. The molecule has 146 valence electrons. The zero-order valence-electron chi connectivity index (χ0n) is 16.4. The maximum Gasteiger partial charge on any atom is 0.249 e. The highest BCUT2D eigenvalue weighted by atomic mass is 16.5. The lowest BCUT2D eigenvalue weighted by atomic mass is 10.0. The maximum absolute atomic E-state index is 12.3. The second kappa shape index (κ2) is 9.28. The van der Waals surface area contributed by atoms with Crippen LogP contribution in [-0.4, -0.2) is 22.7 Å². The molecule has 0 aliphatic rings. The van der Waals surface area contributed by atoms with Gasteiger partial charge in [0.05, 0.1) is 6.61 Å². The van der Waals surface area contributed by atoms with E-state index in [1.165, 1.54) is 0 Å². The molecular formula is C22H25N3O3. The van der Waals surface area contributed by atoms with Crippen molar-refractivity contribution < 1.29 is 14.1 Å². The van der Waals surface area contributed by atoms with E-state index in [1.807, 2.05) is 75.4 Å². The van der Waals surface area contributed by atoms with Crippen molar-refractivity contribution in [3.63, 3.8) is 0 Å². The first-order valence-electron chi connectivity index (χ1n) is 9.34. The maximum atomic E-state index is 12.3. The number of carbonyl (C=O) groups excluding carboxylic acids is 1. The van der Waals surface area contributed by atoms with E-state index in [2.05, 4.69) is 15.5 Å². The number of amides is 1. The van der Waals surface area contributed by atoms with Gasteiger partial charge in [0.15, 0.2) is 0 Å². The van der Waals surface area contributed by atoms with Gasteiger partial charge in [0.2, 0.25) is 17.6 Å². The molecule has 2 aromatic carbocycles. The van der Waals surface area contributed by atoms with Gasteiger partial charge < -0.3 is 14.6 Å². The first-order valence-corrected chi connectivity index (χ1v) is 9.34. The number of nitrogens with one attached hydrogen (secondary N) is 1. The molecule has 1 amide bonds. The Morgan fingerprint density at radius 3 is 2.64 bits per heavy atom. The summed E-state index contributed by atoms with van der Waals surface area (Å²) in [5.41, 5.74) is 3.03. The molecule has 0 radical (unpaired) electrons. The average Bonchev–Trinajstić information content (AvgIpc) is 3.16. The Bertz CT molecular complexity index is 906. The molecule has 0 spiro atoms. The van der Waals surface area contributed by atoms with Crippen LogP contribution in [0.15, 0.2) is 59.1 Å². The molecule has 0 fully saturated rings. The molecule has 0 aliphatic heterocycles. The summed E-state index contributed by atoms with van der Waals surface area (Å²) in [6.07, 6.45) is 0. The molecule has 6 nitrogen and oxygen atoms in total. The minimum absolute atomic E-state index is 0.0308. The standard InChI is InChI=1S/C22H25N3O3/c1-15(2)20(23-19(26)14-27-13-17-9-5-4-6-10-17)22-24-21(25-28-22)18-11-7-8-16(3)12-18/h4-12,15,20H,13-14H2,1-3H3,(H,23,26). The van der Waals surface area contributed by atoms with E-state index in [4.69, 9.17) is 9.26 Å². The Balaban J connectivity index is 1.61. The molecule has 6 heteroatoms. The molecule has 3 aromatic rings. The summed E-state index contributed by atoms with van der Waals surface area (Å²) in [6.45, 7) is 6.35. The van der Waals surface area contributed by atoms with E-state index in [0.29, 0.717) is 18.3 Å². The third-order valence-electron chi connectivity index (χ3n) is 4.31. The van der Waals surface area contributed by atoms with Gasteiger partial charge in [-0.15, -0.1) is 0 Å². The smallest absolute Gasteiger partial charge is 0.249 e. The predicted octanol–water partition coefficient (Wildman–Crippen LogP) is 4.08. The van der Waals surface area contributed by atoms with E-state index in [-0.39, 0.29) is 24.5 Å². The second-order valence-electron chi connectivity index (χ2n) is 7.09. The van der Waals surface area contributed by atoms with Crippen molar-refractivity contribution in [2.75, 3.05) is 6.61 Å². The highest BCUT2D eigenvalue weighted by Crippen LogP contribution is 2.24. The number of benzene rings is 2. The van der Waals surface area contributed by atoms with Gasteiger partial charge in [-0.05, 0) is 24.5 Å². The van der Waals surface area contributed by atoms with Crippen LogP contribution in [-0.2, 0) is 16.1 Å². The minimum Gasteiger partial charge on any atom is -0.367 e. The van der Waals surface area contributed by atoms with Crippen molar-refractivity contribution in [1.82, 2.24) is 15.5 Å². The average molecular weight is 379 g/mol. The van der Waals surface area contributed by atoms with Crippen molar-refractivity contribution >= 4 is 5.91 Å². The Kier molecular flexibility index (Phi) is 6.55. The van der Waals surface area contributed by atoms with Gasteiger partial charge in [0.25, 0.3) is 0 Å². The van der Waals surface area contributed by atoms with Crippen molar-refractivity contribution in [3.8, 4) is 11.4 Å². The highest BCUT2D eigenvalue weighted by Gasteiger charge is 2.25. The summed E-state index contributed by atoms with van der Waals surface area (Å²) in [5.74, 6) is 0.774. The Morgan fingerprint density at radius 1 is 1.14 bits per heavy atom. The van der Waals surface area contributed by atoms with Crippen LogP contribution in [0.3, 0.4) is 0 Å². The monoisotopic (exact) mass is 379 g/mol. The van der Waals surface area contributed by atoms with E-state index >= 15 is 0 Å². The number of ether oxygens (including phenoxy) is 1. The van der Waals surface area contributed by atoms with Crippen LogP contribution in [0.5, 0.6) is 0 Å². The van der Waals surface area contributed by atoms with E-state index in [0.717, 1.165) is 16.7 Å². The largest absolute Gasteiger partial charge is 0.367 e. The second-order valence-corrected chi connectivity index (χ2v) is 7.09. The van der Waals surface area contributed by atoms with Crippen LogP contribution in [0.25, 0.3) is 11.4 Å². The topological polar surface area (TPSA) is 77.2 Å².